The predicted molar refractivity (Wildman–Crippen MR) is 125 cm³/mol. The summed E-state index contributed by atoms with van der Waals surface area (Å²) in [6.45, 7) is 13.2. The maximum atomic E-state index is 13.4. The van der Waals surface area contributed by atoms with Gasteiger partial charge >= 0.3 is 7.82 Å². The quantitative estimate of drug-likeness (QED) is 0.133. The molecule has 0 spiro atoms. The molecule has 3 unspecified atom stereocenters. The summed E-state index contributed by atoms with van der Waals surface area (Å²) in [5.41, 5.74) is 0. The minimum atomic E-state index is -3.54. The lowest BCUT2D eigenvalue weighted by Gasteiger charge is -2.26. The van der Waals surface area contributed by atoms with Crippen LogP contribution in [-0.4, -0.2) is 18.8 Å². The molecule has 0 aliphatic rings. The topological polar surface area (TPSA) is 44.8 Å². The number of hydrogen-bond donors (Lipinski definition) is 0. The van der Waals surface area contributed by atoms with Crippen LogP contribution in [0.3, 0.4) is 0 Å². The molecule has 5 heteroatoms. The molecule has 0 aromatic rings. The van der Waals surface area contributed by atoms with Gasteiger partial charge < -0.3 is 0 Å². The number of phosphoric ester groups is 1. The van der Waals surface area contributed by atoms with E-state index in [-0.39, 0.29) is 12.2 Å². The number of unbranched alkanes of at least 4 members (excludes halogenated alkanes) is 7. The molecule has 0 aliphatic carbocycles. The molecule has 0 rings (SSSR count). The maximum absolute atomic E-state index is 13.4. The Morgan fingerprint density at radius 1 is 0.655 bits per heavy atom. The van der Waals surface area contributed by atoms with E-state index < -0.39 is 7.82 Å². The standard InChI is InChI=1S/C24H51O4P/c1-7-11-14-16-18-22(5)27-29(25,26-21-24(10-4)20-13-9-3)28-23(6)19-17-15-12-8-2/h22-24H,7-21H2,1-6H3. The van der Waals surface area contributed by atoms with Gasteiger partial charge in [-0.05, 0) is 39.0 Å². The molecule has 0 fully saturated rings. The number of hydrogen-bond acceptors (Lipinski definition) is 4. The highest BCUT2D eigenvalue weighted by Gasteiger charge is 2.32. The first-order chi connectivity index (χ1) is 13.9. The van der Waals surface area contributed by atoms with E-state index in [1.54, 1.807) is 0 Å². The Labute approximate surface area is 182 Å². The third-order valence-corrected chi connectivity index (χ3v) is 7.26. The van der Waals surface area contributed by atoms with Crippen LogP contribution in [0.2, 0.25) is 0 Å². The molecule has 0 aromatic carbocycles. The fourth-order valence-corrected chi connectivity index (χ4v) is 5.10. The van der Waals surface area contributed by atoms with Crippen molar-refractivity contribution in [3.63, 3.8) is 0 Å². The van der Waals surface area contributed by atoms with E-state index >= 15 is 0 Å². The van der Waals surface area contributed by atoms with E-state index in [1.165, 1.54) is 51.4 Å². The molecular formula is C24H51O4P. The molecule has 0 aromatic heterocycles. The summed E-state index contributed by atoms with van der Waals surface area (Å²) in [7, 11) is -3.54. The van der Waals surface area contributed by atoms with Crippen LogP contribution < -0.4 is 0 Å². The Kier molecular flexibility index (Phi) is 18.9. The lowest BCUT2D eigenvalue weighted by atomic mass is 10.0. The van der Waals surface area contributed by atoms with Crippen molar-refractivity contribution in [2.45, 2.75) is 144 Å². The van der Waals surface area contributed by atoms with Crippen molar-refractivity contribution in [1.82, 2.24) is 0 Å². The van der Waals surface area contributed by atoms with E-state index in [2.05, 4.69) is 27.7 Å². The van der Waals surface area contributed by atoms with Gasteiger partial charge in [0.15, 0.2) is 0 Å². The first kappa shape index (κ1) is 29.1. The lowest BCUT2D eigenvalue weighted by molar-refractivity contribution is 0.0473. The second-order valence-corrected chi connectivity index (χ2v) is 10.3. The molecule has 176 valence electrons. The van der Waals surface area contributed by atoms with Crippen molar-refractivity contribution in [1.29, 1.82) is 0 Å². The highest BCUT2D eigenvalue weighted by atomic mass is 31.2. The van der Waals surface area contributed by atoms with E-state index in [1.807, 2.05) is 13.8 Å². The zero-order valence-electron chi connectivity index (χ0n) is 20.4. The molecule has 4 nitrogen and oxygen atoms in total. The normalized spacial score (nSPS) is 17.0. The average molecular weight is 435 g/mol. The third-order valence-electron chi connectivity index (χ3n) is 5.56. The molecule has 0 radical (unpaired) electrons. The van der Waals surface area contributed by atoms with Crippen LogP contribution in [0.5, 0.6) is 0 Å². The van der Waals surface area contributed by atoms with Crippen LogP contribution in [0.4, 0.5) is 0 Å². The fourth-order valence-electron chi connectivity index (χ4n) is 3.44. The summed E-state index contributed by atoms with van der Waals surface area (Å²) in [5.74, 6) is 0.412. The molecule has 0 saturated carbocycles. The largest absolute Gasteiger partial charge is 0.475 e. The van der Waals surface area contributed by atoms with E-state index in [4.69, 9.17) is 13.6 Å². The van der Waals surface area contributed by atoms with Gasteiger partial charge in [0.25, 0.3) is 0 Å². The van der Waals surface area contributed by atoms with E-state index in [0.29, 0.717) is 12.5 Å². The summed E-state index contributed by atoms with van der Waals surface area (Å²) < 4.78 is 31.2. The van der Waals surface area contributed by atoms with Crippen LogP contribution in [0, 0.1) is 5.92 Å². The first-order valence-electron chi connectivity index (χ1n) is 12.5. The van der Waals surface area contributed by atoms with Gasteiger partial charge in [-0.25, -0.2) is 4.57 Å². The van der Waals surface area contributed by atoms with Gasteiger partial charge in [0.2, 0.25) is 0 Å². The van der Waals surface area contributed by atoms with Gasteiger partial charge in [0, 0.05) is 0 Å². The van der Waals surface area contributed by atoms with Crippen LogP contribution in [0.25, 0.3) is 0 Å². The van der Waals surface area contributed by atoms with Gasteiger partial charge in [-0.2, -0.15) is 0 Å². The predicted octanol–water partition coefficient (Wildman–Crippen LogP) is 9.08. The van der Waals surface area contributed by atoms with Gasteiger partial charge in [-0.1, -0.05) is 98.3 Å². The minimum absolute atomic E-state index is 0.110. The maximum Gasteiger partial charge on any atom is 0.475 e. The van der Waals surface area contributed by atoms with Crippen LogP contribution in [0.15, 0.2) is 0 Å². The first-order valence-corrected chi connectivity index (χ1v) is 14.0. The van der Waals surface area contributed by atoms with Crippen LogP contribution in [-0.2, 0) is 18.1 Å². The lowest BCUT2D eigenvalue weighted by Crippen LogP contribution is -2.17. The minimum Gasteiger partial charge on any atom is -0.287 e. The summed E-state index contributed by atoms with van der Waals surface area (Å²) in [6.07, 6.45) is 15.5. The smallest absolute Gasteiger partial charge is 0.287 e. The Morgan fingerprint density at radius 2 is 1.14 bits per heavy atom. The fraction of sp³-hybridized carbons (Fsp3) is 1.00. The molecule has 0 aliphatic heterocycles. The third kappa shape index (κ3) is 16.5. The Balaban J connectivity index is 4.75. The second kappa shape index (κ2) is 18.8. The molecular weight excluding hydrogens is 383 g/mol. The molecule has 0 saturated heterocycles. The monoisotopic (exact) mass is 434 g/mol. The average Bonchev–Trinajstić information content (AvgIpc) is 2.68. The van der Waals surface area contributed by atoms with Crippen molar-refractivity contribution in [3.8, 4) is 0 Å². The van der Waals surface area contributed by atoms with E-state index in [9.17, 15) is 4.57 Å². The van der Waals surface area contributed by atoms with Crippen molar-refractivity contribution in [2.75, 3.05) is 6.61 Å². The zero-order chi connectivity index (χ0) is 22.0. The Morgan fingerprint density at radius 3 is 1.55 bits per heavy atom. The Bertz CT molecular complexity index is 378. The van der Waals surface area contributed by atoms with Gasteiger partial charge in [0.05, 0.1) is 18.8 Å². The summed E-state index contributed by atoms with van der Waals surface area (Å²) in [6, 6.07) is 0. The zero-order valence-corrected chi connectivity index (χ0v) is 21.3. The van der Waals surface area contributed by atoms with Crippen molar-refractivity contribution >= 4 is 7.82 Å². The highest BCUT2D eigenvalue weighted by molar-refractivity contribution is 7.48. The molecule has 3 atom stereocenters. The van der Waals surface area contributed by atoms with Gasteiger partial charge in [-0.15, -0.1) is 0 Å². The molecule has 0 bridgehead atoms. The Hall–Kier alpha value is 0.110. The summed E-state index contributed by atoms with van der Waals surface area (Å²) in [4.78, 5) is 0. The second-order valence-electron chi connectivity index (χ2n) is 8.69. The van der Waals surface area contributed by atoms with Gasteiger partial charge in [0.1, 0.15) is 0 Å². The number of phosphoric acid groups is 1. The van der Waals surface area contributed by atoms with Crippen LogP contribution in [0.1, 0.15) is 131 Å². The summed E-state index contributed by atoms with van der Waals surface area (Å²) in [5, 5.41) is 0. The summed E-state index contributed by atoms with van der Waals surface area (Å²) >= 11 is 0. The van der Waals surface area contributed by atoms with Gasteiger partial charge in [-0.3, -0.25) is 13.6 Å². The van der Waals surface area contributed by atoms with Crippen molar-refractivity contribution < 1.29 is 18.1 Å². The van der Waals surface area contributed by atoms with E-state index in [0.717, 1.165) is 38.5 Å². The molecule has 0 heterocycles. The van der Waals surface area contributed by atoms with Crippen LogP contribution >= 0.6 is 7.82 Å². The number of rotatable bonds is 21. The SMILES string of the molecule is CCCCCCC(C)OP(=O)(OCC(CC)CCCC)OC(C)CCCCCC. The van der Waals surface area contributed by atoms with Crippen molar-refractivity contribution in [3.05, 3.63) is 0 Å². The van der Waals surface area contributed by atoms with Crippen molar-refractivity contribution in [2.24, 2.45) is 5.92 Å². The molecule has 29 heavy (non-hydrogen) atoms. The molecule has 0 N–H and O–H groups in total. The highest BCUT2D eigenvalue weighted by Crippen LogP contribution is 2.53. The molecule has 0 amide bonds.